The largest absolute Gasteiger partial charge is 0.306 e. The molecule has 2 unspecified atom stereocenters. The van der Waals surface area contributed by atoms with Crippen LogP contribution in [0.2, 0.25) is 0 Å². The number of carbonyl (C=O) groups is 1. The number of fused-ring (bicyclic) bond motifs is 1. The topological polar surface area (TPSA) is 20.3 Å². The first-order chi connectivity index (χ1) is 5.77. The molecule has 1 heterocycles. The minimum Gasteiger partial charge on any atom is -0.306 e. The summed E-state index contributed by atoms with van der Waals surface area (Å²) in [5.74, 6) is 1.65. The summed E-state index contributed by atoms with van der Waals surface area (Å²) in [6.45, 7) is 2.27. The molecule has 0 aromatic rings. The molecule has 0 radical (unpaired) electrons. The van der Waals surface area contributed by atoms with Crippen LogP contribution in [0.15, 0.2) is 0 Å². The molecule has 1 aliphatic carbocycles. The highest BCUT2D eigenvalue weighted by atomic mass is 16.1. The Kier molecular flexibility index (Phi) is 2.18. The average molecular weight is 167 g/mol. The van der Waals surface area contributed by atoms with E-state index in [4.69, 9.17) is 0 Å². The summed E-state index contributed by atoms with van der Waals surface area (Å²) in [6, 6.07) is 0. The molecule has 2 fully saturated rings. The van der Waals surface area contributed by atoms with Gasteiger partial charge in [0.25, 0.3) is 0 Å². The summed E-state index contributed by atoms with van der Waals surface area (Å²) in [6.07, 6.45) is 4.37. The lowest BCUT2D eigenvalue weighted by Gasteiger charge is -2.38. The maximum atomic E-state index is 11.5. The standard InChI is InChI=1S/C10H17NO/c1-11-6-5-9-8(7-11)3-2-4-10(9)12/h8-9H,2-7H2,1H3. The van der Waals surface area contributed by atoms with Crippen LogP contribution in [0.1, 0.15) is 25.7 Å². The van der Waals surface area contributed by atoms with E-state index >= 15 is 0 Å². The fourth-order valence-corrected chi connectivity index (χ4v) is 2.65. The number of hydrogen-bond acceptors (Lipinski definition) is 2. The van der Waals surface area contributed by atoms with Gasteiger partial charge in [-0.15, -0.1) is 0 Å². The van der Waals surface area contributed by atoms with Crippen molar-refractivity contribution in [3.05, 3.63) is 0 Å². The molecule has 1 aliphatic heterocycles. The van der Waals surface area contributed by atoms with E-state index in [1.54, 1.807) is 0 Å². The molecule has 2 atom stereocenters. The minimum atomic E-state index is 0.426. The van der Waals surface area contributed by atoms with Crippen LogP contribution in [0, 0.1) is 11.8 Å². The molecule has 0 aromatic carbocycles. The molecule has 2 heteroatoms. The van der Waals surface area contributed by atoms with Gasteiger partial charge in [0.15, 0.2) is 0 Å². The predicted octanol–water partition coefficient (Wildman–Crippen LogP) is 1.31. The van der Waals surface area contributed by atoms with Crippen LogP contribution in [-0.2, 0) is 4.79 Å². The first-order valence-electron chi connectivity index (χ1n) is 4.98. The smallest absolute Gasteiger partial charge is 0.136 e. The summed E-state index contributed by atoms with van der Waals surface area (Å²) in [5.41, 5.74) is 0. The molecule has 1 saturated carbocycles. The van der Waals surface area contributed by atoms with Crippen LogP contribution < -0.4 is 0 Å². The Labute approximate surface area is 73.9 Å². The molecule has 2 aliphatic rings. The Balaban J connectivity index is 2.04. The lowest BCUT2D eigenvalue weighted by molar-refractivity contribution is -0.128. The van der Waals surface area contributed by atoms with Crippen molar-refractivity contribution in [3.63, 3.8) is 0 Å². The van der Waals surface area contributed by atoms with Crippen LogP contribution in [0.3, 0.4) is 0 Å². The SMILES string of the molecule is CN1CCC2C(=O)CCCC2C1. The van der Waals surface area contributed by atoms with Crippen LogP contribution in [-0.4, -0.2) is 30.8 Å². The molecule has 2 rings (SSSR count). The van der Waals surface area contributed by atoms with E-state index in [0.717, 1.165) is 32.4 Å². The third-order valence-corrected chi connectivity index (χ3v) is 3.35. The van der Waals surface area contributed by atoms with Gasteiger partial charge in [-0.3, -0.25) is 4.79 Å². The van der Waals surface area contributed by atoms with Gasteiger partial charge in [0.1, 0.15) is 5.78 Å². The normalized spacial score (nSPS) is 37.9. The van der Waals surface area contributed by atoms with E-state index < -0.39 is 0 Å². The van der Waals surface area contributed by atoms with Crippen LogP contribution in [0.25, 0.3) is 0 Å². The van der Waals surface area contributed by atoms with Crippen molar-refractivity contribution in [2.75, 3.05) is 20.1 Å². The second-order valence-electron chi connectivity index (χ2n) is 4.28. The van der Waals surface area contributed by atoms with E-state index in [-0.39, 0.29) is 0 Å². The molecule has 2 nitrogen and oxygen atoms in total. The number of carbonyl (C=O) groups excluding carboxylic acids is 1. The van der Waals surface area contributed by atoms with Crippen molar-refractivity contribution in [1.82, 2.24) is 4.90 Å². The number of nitrogens with zero attached hydrogens (tertiary/aromatic N) is 1. The van der Waals surface area contributed by atoms with Gasteiger partial charge in [-0.1, -0.05) is 0 Å². The van der Waals surface area contributed by atoms with Crippen molar-refractivity contribution >= 4 is 5.78 Å². The zero-order chi connectivity index (χ0) is 8.55. The minimum absolute atomic E-state index is 0.426. The van der Waals surface area contributed by atoms with Crippen molar-refractivity contribution in [3.8, 4) is 0 Å². The number of Topliss-reactive ketones (excluding diaryl/α,β-unsaturated/α-hetero) is 1. The summed E-state index contributed by atoms with van der Waals surface area (Å²) in [4.78, 5) is 13.9. The van der Waals surface area contributed by atoms with Gasteiger partial charge in [-0.25, -0.2) is 0 Å². The lowest BCUT2D eigenvalue weighted by atomic mass is 9.74. The van der Waals surface area contributed by atoms with Crippen LogP contribution in [0.4, 0.5) is 0 Å². The Hall–Kier alpha value is -0.370. The third-order valence-electron chi connectivity index (χ3n) is 3.35. The van der Waals surface area contributed by atoms with Crippen molar-refractivity contribution in [1.29, 1.82) is 0 Å². The van der Waals surface area contributed by atoms with Gasteiger partial charge in [0, 0.05) is 18.9 Å². The summed E-state index contributed by atoms with van der Waals surface area (Å²) in [7, 11) is 2.16. The van der Waals surface area contributed by atoms with Gasteiger partial charge >= 0.3 is 0 Å². The van der Waals surface area contributed by atoms with Crippen LogP contribution >= 0.6 is 0 Å². The average Bonchev–Trinajstić information content (AvgIpc) is 2.04. The molecule has 0 amide bonds. The van der Waals surface area contributed by atoms with Crippen LogP contribution in [0.5, 0.6) is 0 Å². The first kappa shape index (κ1) is 8.24. The van der Waals surface area contributed by atoms with E-state index in [1.165, 1.54) is 6.42 Å². The molecular formula is C10H17NO. The number of piperidine rings is 1. The van der Waals surface area contributed by atoms with Gasteiger partial charge in [-0.2, -0.15) is 0 Å². The maximum absolute atomic E-state index is 11.5. The number of hydrogen-bond donors (Lipinski definition) is 0. The number of rotatable bonds is 0. The second kappa shape index (κ2) is 3.17. The lowest BCUT2D eigenvalue weighted by Crippen LogP contribution is -2.43. The first-order valence-corrected chi connectivity index (χ1v) is 4.98. The van der Waals surface area contributed by atoms with Gasteiger partial charge in [0.2, 0.25) is 0 Å². The fraction of sp³-hybridized carbons (Fsp3) is 0.900. The molecule has 0 spiro atoms. The Morgan fingerprint density at radius 1 is 1.42 bits per heavy atom. The highest BCUT2D eigenvalue weighted by Gasteiger charge is 2.34. The monoisotopic (exact) mass is 167 g/mol. The van der Waals surface area contributed by atoms with Gasteiger partial charge in [-0.05, 0) is 38.8 Å². The van der Waals surface area contributed by atoms with Gasteiger partial charge in [0.05, 0.1) is 0 Å². The van der Waals surface area contributed by atoms with Crippen molar-refractivity contribution in [2.45, 2.75) is 25.7 Å². The predicted molar refractivity (Wildman–Crippen MR) is 48.0 cm³/mol. The zero-order valence-corrected chi connectivity index (χ0v) is 7.75. The fourth-order valence-electron chi connectivity index (χ4n) is 2.65. The second-order valence-corrected chi connectivity index (χ2v) is 4.28. The summed E-state index contributed by atoms with van der Waals surface area (Å²) >= 11 is 0. The molecule has 68 valence electrons. The molecule has 0 N–H and O–H groups in total. The Morgan fingerprint density at radius 2 is 2.25 bits per heavy atom. The number of ketones is 1. The number of likely N-dealkylation sites (tertiary alicyclic amines) is 1. The van der Waals surface area contributed by atoms with Gasteiger partial charge < -0.3 is 4.90 Å². The van der Waals surface area contributed by atoms with Crippen molar-refractivity contribution < 1.29 is 4.79 Å². The molecule has 0 bridgehead atoms. The molecular weight excluding hydrogens is 150 g/mol. The summed E-state index contributed by atoms with van der Waals surface area (Å²) in [5, 5.41) is 0. The summed E-state index contributed by atoms with van der Waals surface area (Å²) < 4.78 is 0. The molecule has 12 heavy (non-hydrogen) atoms. The van der Waals surface area contributed by atoms with E-state index in [2.05, 4.69) is 11.9 Å². The third kappa shape index (κ3) is 1.40. The molecule has 1 saturated heterocycles. The molecule has 0 aromatic heterocycles. The highest BCUT2D eigenvalue weighted by Crippen LogP contribution is 2.33. The van der Waals surface area contributed by atoms with E-state index in [0.29, 0.717) is 17.6 Å². The van der Waals surface area contributed by atoms with E-state index in [9.17, 15) is 4.79 Å². The van der Waals surface area contributed by atoms with E-state index in [1.807, 2.05) is 0 Å². The Bertz CT molecular complexity index is 190. The quantitative estimate of drug-likeness (QED) is 0.542. The Morgan fingerprint density at radius 3 is 3.08 bits per heavy atom. The maximum Gasteiger partial charge on any atom is 0.136 e. The highest BCUT2D eigenvalue weighted by molar-refractivity contribution is 5.82. The zero-order valence-electron chi connectivity index (χ0n) is 7.75. The van der Waals surface area contributed by atoms with Crippen molar-refractivity contribution in [2.24, 2.45) is 11.8 Å².